The van der Waals surface area contributed by atoms with Gasteiger partial charge in [0.25, 0.3) is 5.69 Å². The van der Waals surface area contributed by atoms with Gasteiger partial charge in [0.05, 0.1) is 17.6 Å². The van der Waals surface area contributed by atoms with Crippen molar-refractivity contribution in [3.63, 3.8) is 0 Å². The third-order valence-corrected chi connectivity index (χ3v) is 2.49. The quantitative estimate of drug-likeness (QED) is 0.345. The predicted molar refractivity (Wildman–Crippen MR) is 63.4 cm³/mol. The lowest BCUT2D eigenvalue weighted by atomic mass is 10.1. The number of ether oxygens (including phenoxy) is 1. The summed E-state index contributed by atoms with van der Waals surface area (Å²) in [6, 6.07) is 3.23. The van der Waals surface area contributed by atoms with Crippen LogP contribution in [0.4, 0.5) is 5.69 Å². The third-order valence-electron chi connectivity index (χ3n) is 2.23. The van der Waals surface area contributed by atoms with Gasteiger partial charge >= 0.3 is 0 Å². The van der Waals surface area contributed by atoms with Crippen LogP contribution in [0.1, 0.15) is 17.5 Å². The number of alkyl halides is 1. The standard InChI is InChI=1S/C11H14ClNO3/c1-8-6-9(2)11(16-5-3-4-12)7-10(8)13(14)15/h6-7H,3-5H2,1-2H3. The molecule has 0 fully saturated rings. The minimum atomic E-state index is -0.400. The highest BCUT2D eigenvalue weighted by Crippen LogP contribution is 2.28. The van der Waals surface area contributed by atoms with Crippen molar-refractivity contribution >= 4 is 17.3 Å². The first kappa shape index (κ1) is 12.8. The molecule has 0 spiro atoms. The highest BCUT2D eigenvalue weighted by Gasteiger charge is 2.14. The Hall–Kier alpha value is -1.29. The number of nitro groups is 1. The summed E-state index contributed by atoms with van der Waals surface area (Å²) >= 11 is 5.53. The molecule has 0 heterocycles. The fraction of sp³-hybridized carbons (Fsp3) is 0.455. The molecule has 1 aromatic rings. The Bertz CT molecular complexity index is 393. The number of aryl methyl sites for hydroxylation is 2. The molecule has 0 saturated carbocycles. The minimum absolute atomic E-state index is 0.0893. The number of benzene rings is 1. The second-order valence-corrected chi connectivity index (χ2v) is 3.93. The second kappa shape index (κ2) is 5.70. The number of halogens is 1. The molecule has 0 unspecified atom stereocenters. The van der Waals surface area contributed by atoms with E-state index in [9.17, 15) is 10.1 Å². The summed E-state index contributed by atoms with van der Waals surface area (Å²) in [5.41, 5.74) is 1.64. The Balaban J connectivity index is 2.91. The van der Waals surface area contributed by atoms with Crippen molar-refractivity contribution in [1.29, 1.82) is 0 Å². The van der Waals surface area contributed by atoms with E-state index in [1.807, 2.05) is 6.92 Å². The van der Waals surface area contributed by atoms with Gasteiger partial charge in [0, 0.05) is 11.4 Å². The van der Waals surface area contributed by atoms with Gasteiger partial charge < -0.3 is 4.74 Å². The van der Waals surface area contributed by atoms with Crippen molar-refractivity contribution in [3.8, 4) is 5.75 Å². The van der Waals surface area contributed by atoms with Crippen LogP contribution in [0.3, 0.4) is 0 Å². The molecule has 0 bridgehead atoms. The first-order chi connectivity index (χ1) is 7.56. The molecule has 0 radical (unpaired) electrons. The maximum absolute atomic E-state index is 10.7. The normalized spacial score (nSPS) is 10.2. The molecule has 1 aromatic carbocycles. The van der Waals surface area contributed by atoms with E-state index in [2.05, 4.69) is 0 Å². The molecule has 0 aromatic heterocycles. The number of nitro benzene ring substituents is 1. The van der Waals surface area contributed by atoms with Crippen LogP contribution in [0.5, 0.6) is 5.75 Å². The topological polar surface area (TPSA) is 52.4 Å². The molecule has 0 N–H and O–H groups in total. The third kappa shape index (κ3) is 3.10. The van der Waals surface area contributed by atoms with Crippen LogP contribution < -0.4 is 4.74 Å². The summed E-state index contributed by atoms with van der Waals surface area (Å²) < 4.78 is 5.43. The SMILES string of the molecule is Cc1cc(C)c([N+](=O)[O-])cc1OCCCCl. The average molecular weight is 244 g/mol. The Morgan fingerprint density at radius 2 is 2.06 bits per heavy atom. The zero-order chi connectivity index (χ0) is 12.1. The van der Waals surface area contributed by atoms with E-state index in [1.54, 1.807) is 13.0 Å². The molecule has 0 aliphatic rings. The molecule has 1 rings (SSSR count). The molecule has 0 atom stereocenters. The van der Waals surface area contributed by atoms with E-state index in [-0.39, 0.29) is 5.69 Å². The van der Waals surface area contributed by atoms with Crippen LogP contribution >= 0.6 is 11.6 Å². The van der Waals surface area contributed by atoms with Gasteiger partial charge in [0.15, 0.2) is 0 Å². The summed E-state index contributed by atoms with van der Waals surface area (Å²) in [6.07, 6.45) is 0.725. The predicted octanol–water partition coefficient (Wildman–Crippen LogP) is 3.22. The molecule has 0 saturated heterocycles. The van der Waals surface area contributed by atoms with Gasteiger partial charge in [0.2, 0.25) is 0 Å². The smallest absolute Gasteiger partial charge is 0.276 e. The Morgan fingerprint density at radius 1 is 1.38 bits per heavy atom. The molecular weight excluding hydrogens is 230 g/mol. The fourth-order valence-electron chi connectivity index (χ4n) is 1.41. The zero-order valence-corrected chi connectivity index (χ0v) is 10.1. The summed E-state index contributed by atoms with van der Waals surface area (Å²) in [5, 5.41) is 10.7. The van der Waals surface area contributed by atoms with Crippen LogP contribution in [0, 0.1) is 24.0 Å². The van der Waals surface area contributed by atoms with Gasteiger partial charge in [0.1, 0.15) is 5.75 Å². The van der Waals surface area contributed by atoms with Gasteiger partial charge in [-0.05, 0) is 31.9 Å². The van der Waals surface area contributed by atoms with Crippen LogP contribution in [0.25, 0.3) is 0 Å². The highest BCUT2D eigenvalue weighted by atomic mass is 35.5. The number of rotatable bonds is 5. The van der Waals surface area contributed by atoms with Gasteiger partial charge in [-0.3, -0.25) is 10.1 Å². The number of nitrogens with zero attached hydrogens (tertiary/aromatic N) is 1. The lowest BCUT2D eigenvalue weighted by Crippen LogP contribution is -2.01. The number of hydrogen-bond donors (Lipinski definition) is 0. The summed E-state index contributed by atoms with van der Waals surface area (Å²) in [4.78, 5) is 10.3. The molecule has 0 aliphatic heterocycles. The summed E-state index contributed by atoms with van der Waals surface area (Å²) in [6.45, 7) is 4.06. The van der Waals surface area contributed by atoms with E-state index in [1.165, 1.54) is 6.07 Å². The second-order valence-electron chi connectivity index (χ2n) is 3.55. The monoisotopic (exact) mass is 243 g/mol. The average Bonchev–Trinajstić information content (AvgIpc) is 2.21. The van der Waals surface area contributed by atoms with Crippen molar-refractivity contribution in [2.45, 2.75) is 20.3 Å². The number of hydrogen-bond acceptors (Lipinski definition) is 3. The van der Waals surface area contributed by atoms with E-state index in [4.69, 9.17) is 16.3 Å². The van der Waals surface area contributed by atoms with E-state index in [0.29, 0.717) is 23.8 Å². The zero-order valence-electron chi connectivity index (χ0n) is 9.33. The van der Waals surface area contributed by atoms with Crippen LogP contribution in [0.2, 0.25) is 0 Å². The van der Waals surface area contributed by atoms with E-state index in [0.717, 1.165) is 12.0 Å². The Kier molecular flexibility index (Phi) is 4.55. The maximum Gasteiger partial charge on any atom is 0.276 e. The Morgan fingerprint density at radius 3 is 2.62 bits per heavy atom. The fourth-order valence-corrected chi connectivity index (χ4v) is 1.52. The van der Waals surface area contributed by atoms with Gasteiger partial charge in [-0.2, -0.15) is 0 Å². The lowest BCUT2D eigenvalue weighted by Gasteiger charge is -2.09. The van der Waals surface area contributed by atoms with E-state index >= 15 is 0 Å². The Labute approximate surface area is 99.3 Å². The molecule has 0 aliphatic carbocycles. The largest absolute Gasteiger partial charge is 0.493 e. The van der Waals surface area contributed by atoms with Gasteiger partial charge in [-0.1, -0.05) is 0 Å². The molecule has 4 nitrogen and oxygen atoms in total. The van der Waals surface area contributed by atoms with Crippen LogP contribution in [-0.4, -0.2) is 17.4 Å². The highest BCUT2D eigenvalue weighted by molar-refractivity contribution is 6.17. The van der Waals surface area contributed by atoms with Crippen molar-refractivity contribution in [2.75, 3.05) is 12.5 Å². The minimum Gasteiger partial charge on any atom is -0.493 e. The van der Waals surface area contributed by atoms with Gasteiger partial charge in [-0.25, -0.2) is 0 Å². The molecule has 88 valence electrons. The van der Waals surface area contributed by atoms with E-state index < -0.39 is 4.92 Å². The van der Waals surface area contributed by atoms with Crippen molar-refractivity contribution in [2.24, 2.45) is 0 Å². The maximum atomic E-state index is 10.7. The van der Waals surface area contributed by atoms with Crippen molar-refractivity contribution in [3.05, 3.63) is 33.4 Å². The first-order valence-corrected chi connectivity index (χ1v) is 5.54. The van der Waals surface area contributed by atoms with Crippen LogP contribution in [-0.2, 0) is 0 Å². The molecule has 16 heavy (non-hydrogen) atoms. The first-order valence-electron chi connectivity index (χ1n) is 5.00. The lowest BCUT2D eigenvalue weighted by molar-refractivity contribution is -0.385. The summed E-state index contributed by atoms with van der Waals surface area (Å²) in [7, 11) is 0. The molecule has 0 amide bonds. The molecular formula is C11H14ClNO3. The van der Waals surface area contributed by atoms with Crippen molar-refractivity contribution in [1.82, 2.24) is 0 Å². The molecule has 5 heteroatoms. The van der Waals surface area contributed by atoms with Gasteiger partial charge in [-0.15, -0.1) is 11.6 Å². The van der Waals surface area contributed by atoms with Crippen molar-refractivity contribution < 1.29 is 9.66 Å². The summed E-state index contributed by atoms with van der Waals surface area (Å²) in [5.74, 6) is 1.08. The van der Waals surface area contributed by atoms with Crippen LogP contribution in [0.15, 0.2) is 12.1 Å².